The second kappa shape index (κ2) is 7.50. The van der Waals surface area contributed by atoms with Crippen LogP contribution in [-0.2, 0) is 14.3 Å². The number of aliphatic hydroxyl groups excluding tert-OH is 1. The summed E-state index contributed by atoms with van der Waals surface area (Å²) in [4.78, 5) is 27.1. The molecule has 1 aromatic rings. The zero-order valence-corrected chi connectivity index (χ0v) is 20.5. The molecule has 2 saturated carbocycles. The Balaban J connectivity index is 1.54. The van der Waals surface area contributed by atoms with Crippen LogP contribution in [0.4, 0.5) is 0 Å². The number of hydrogen-bond donors (Lipinski definition) is 2. The van der Waals surface area contributed by atoms with Gasteiger partial charge in [-0.1, -0.05) is 63.3 Å². The van der Waals surface area contributed by atoms with Gasteiger partial charge in [0.1, 0.15) is 6.10 Å². The maximum atomic E-state index is 14.3. The third-order valence-corrected chi connectivity index (χ3v) is 9.29. The first-order valence-corrected chi connectivity index (χ1v) is 12.2. The van der Waals surface area contributed by atoms with Gasteiger partial charge in [0.25, 0.3) is 0 Å². The Kier molecular flexibility index (Phi) is 5.13. The topological polar surface area (TPSA) is 83.8 Å². The van der Waals surface area contributed by atoms with Gasteiger partial charge in [0.05, 0.1) is 5.41 Å². The highest BCUT2D eigenvalue weighted by molar-refractivity contribution is 5.95. The number of aliphatic hydroxyl groups is 2. The van der Waals surface area contributed by atoms with Crippen LogP contribution in [0.15, 0.2) is 59.7 Å². The van der Waals surface area contributed by atoms with Crippen LogP contribution in [0.2, 0.25) is 0 Å². The van der Waals surface area contributed by atoms with Gasteiger partial charge in [0.2, 0.25) is 0 Å². The van der Waals surface area contributed by atoms with Gasteiger partial charge >= 0.3 is 5.97 Å². The van der Waals surface area contributed by atoms with Crippen LogP contribution in [0.1, 0.15) is 46.6 Å². The number of hydrogen-bond acceptors (Lipinski definition) is 5. The van der Waals surface area contributed by atoms with Gasteiger partial charge in [-0.05, 0) is 66.2 Å². The second-order valence-corrected chi connectivity index (χ2v) is 11.4. The average molecular weight is 463 g/mol. The van der Waals surface area contributed by atoms with E-state index in [1.807, 2.05) is 43.3 Å². The number of Topliss-reactive ketones (excluding diaryl/α,β-unsaturated/α-hetero) is 1. The molecule has 34 heavy (non-hydrogen) atoms. The third kappa shape index (κ3) is 2.93. The van der Waals surface area contributed by atoms with E-state index in [1.165, 1.54) is 6.08 Å². The number of esters is 1. The summed E-state index contributed by atoms with van der Waals surface area (Å²) in [6.07, 6.45) is 4.97. The second-order valence-electron chi connectivity index (χ2n) is 11.4. The van der Waals surface area contributed by atoms with E-state index < -0.39 is 29.2 Å². The van der Waals surface area contributed by atoms with E-state index in [0.29, 0.717) is 17.1 Å². The van der Waals surface area contributed by atoms with Gasteiger partial charge in [-0.2, -0.15) is 0 Å². The Hall–Kier alpha value is -2.50. The normalized spacial score (nSPS) is 42.1. The molecule has 4 aliphatic carbocycles. The van der Waals surface area contributed by atoms with Crippen molar-refractivity contribution >= 4 is 17.8 Å². The van der Waals surface area contributed by atoms with Crippen LogP contribution in [0.25, 0.3) is 6.08 Å². The van der Waals surface area contributed by atoms with Crippen molar-refractivity contribution in [2.45, 2.75) is 58.8 Å². The average Bonchev–Trinajstić information content (AvgIpc) is 3.29. The molecule has 0 saturated heterocycles. The molecule has 0 aliphatic heterocycles. The highest BCUT2D eigenvalue weighted by Crippen LogP contribution is 2.71. The molecule has 0 amide bonds. The van der Waals surface area contributed by atoms with Crippen molar-refractivity contribution in [1.82, 2.24) is 0 Å². The number of allylic oxidation sites excluding steroid dienone is 1. The summed E-state index contributed by atoms with van der Waals surface area (Å²) in [5.74, 6) is -0.700. The molecule has 8 atom stereocenters. The molecule has 4 aliphatic rings. The lowest BCUT2D eigenvalue weighted by atomic mass is 9.59. The molecule has 1 spiro atoms. The molecule has 0 unspecified atom stereocenters. The largest absolute Gasteiger partial charge is 0.451 e. The molecule has 2 bridgehead atoms. The molecule has 5 nitrogen and oxygen atoms in total. The lowest BCUT2D eigenvalue weighted by Crippen LogP contribution is -2.65. The maximum Gasteiger partial charge on any atom is 0.331 e. The Morgan fingerprint density at radius 3 is 2.50 bits per heavy atom. The number of ether oxygens (including phenoxy) is 1. The van der Waals surface area contributed by atoms with Crippen LogP contribution >= 0.6 is 0 Å². The predicted molar refractivity (Wildman–Crippen MR) is 129 cm³/mol. The van der Waals surface area contributed by atoms with Crippen molar-refractivity contribution < 1.29 is 24.5 Å². The zero-order chi connectivity index (χ0) is 24.6. The molecule has 2 N–H and O–H groups in total. The number of carbonyl (C=O) groups is 2. The first kappa shape index (κ1) is 23.3. The van der Waals surface area contributed by atoms with Crippen LogP contribution in [0, 0.1) is 34.5 Å². The molecule has 0 radical (unpaired) electrons. The molecule has 5 rings (SSSR count). The molecule has 0 heterocycles. The molecular formula is C29H34O5. The minimum Gasteiger partial charge on any atom is -0.451 e. The Morgan fingerprint density at radius 2 is 1.82 bits per heavy atom. The smallest absolute Gasteiger partial charge is 0.331 e. The Labute approximate surface area is 201 Å². The fourth-order valence-electron chi connectivity index (χ4n) is 7.46. The summed E-state index contributed by atoms with van der Waals surface area (Å²) in [5, 5.41) is 23.8. The Bertz CT molecular complexity index is 1130. The summed E-state index contributed by atoms with van der Waals surface area (Å²) in [7, 11) is 0. The van der Waals surface area contributed by atoms with Crippen LogP contribution in [-0.4, -0.2) is 39.8 Å². The van der Waals surface area contributed by atoms with E-state index in [4.69, 9.17) is 4.74 Å². The molecule has 180 valence electrons. The van der Waals surface area contributed by atoms with Crippen molar-refractivity contribution in [2.75, 3.05) is 0 Å². The van der Waals surface area contributed by atoms with Crippen molar-refractivity contribution in [1.29, 1.82) is 0 Å². The van der Waals surface area contributed by atoms with Crippen molar-refractivity contribution in [3.8, 4) is 0 Å². The lowest BCUT2D eigenvalue weighted by Gasteiger charge is -2.48. The van der Waals surface area contributed by atoms with Gasteiger partial charge in [0.15, 0.2) is 17.5 Å². The van der Waals surface area contributed by atoms with Gasteiger partial charge in [-0.25, -0.2) is 4.79 Å². The van der Waals surface area contributed by atoms with Crippen molar-refractivity contribution in [3.63, 3.8) is 0 Å². The van der Waals surface area contributed by atoms with Gasteiger partial charge in [-0.3, -0.25) is 4.79 Å². The standard InChI is InChI=1S/C29H34O5/c1-16-13-20-23-21(27(23,4)5)14-18(3)28(25(20)32)15-17(2)26(29(28,33)24(16)31)34-22(30)12-11-19-9-7-6-8-10-19/h6-13,15,18,20-21,23-24,26,31,33H,14H2,1-5H3/b12-11+/t18-,20+,21-,23+,24-,26+,28+,29+/m1/s1. The minimum absolute atomic E-state index is 0.0475. The first-order valence-electron chi connectivity index (χ1n) is 12.2. The highest BCUT2D eigenvalue weighted by Gasteiger charge is 2.76. The van der Waals surface area contributed by atoms with E-state index in [2.05, 4.69) is 13.8 Å². The predicted octanol–water partition coefficient (Wildman–Crippen LogP) is 4.11. The number of benzene rings is 1. The summed E-state index contributed by atoms with van der Waals surface area (Å²) in [6.45, 7) is 9.94. The summed E-state index contributed by atoms with van der Waals surface area (Å²) < 4.78 is 5.81. The quantitative estimate of drug-likeness (QED) is 0.401. The highest BCUT2D eigenvalue weighted by atomic mass is 16.6. The van der Waals surface area contributed by atoms with E-state index in [9.17, 15) is 19.8 Å². The van der Waals surface area contributed by atoms with Crippen LogP contribution < -0.4 is 0 Å². The summed E-state index contributed by atoms with van der Waals surface area (Å²) in [5.41, 5.74) is -1.22. The van der Waals surface area contributed by atoms with Crippen LogP contribution in [0.5, 0.6) is 0 Å². The molecule has 5 heteroatoms. The lowest BCUT2D eigenvalue weighted by molar-refractivity contribution is -0.200. The fraction of sp³-hybridized carbons (Fsp3) is 0.517. The Morgan fingerprint density at radius 1 is 1.15 bits per heavy atom. The van der Waals surface area contributed by atoms with Gasteiger partial charge in [0, 0.05) is 12.0 Å². The van der Waals surface area contributed by atoms with Crippen molar-refractivity contribution in [3.05, 3.63) is 65.3 Å². The van der Waals surface area contributed by atoms with Crippen molar-refractivity contribution in [2.24, 2.45) is 34.5 Å². The van der Waals surface area contributed by atoms with Crippen LogP contribution in [0.3, 0.4) is 0 Å². The maximum absolute atomic E-state index is 14.3. The SMILES string of the molecule is CC1=C[C@@H]2C(=O)[C@]3(C=C(C)[C@H](OC(=O)/C=C/c4ccccc4)[C@@]3(O)[C@@H]1O)[C@H](C)C[C@@H]1[C@H]2C1(C)C. The van der Waals surface area contributed by atoms with E-state index in [0.717, 1.165) is 12.0 Å². The third-order valence-electron chi connectivity index (χ3n) is 9.29. The summed E-state index contributed by atoms with van der Waals surface area (Å²) >= 11 is 0. The number of ketones is 1. The number of fused-ring (bicyclic) bond motifs is 3. The number of carbonyl (C=O) groups excluding carboxylic acids is 2. The minimum atomic E-state index is -1.96. The fourth-order valence-corrected chi connectivity index (χ4v) is 7.46. The monoisotopic (exact) mass is 462 g/mol. The van der Waals surface area contributed by atoms with Gasteiger partial charge < -0.3 is 14.9 Å². The molecular weight excluding hydrogens is 428 g/mol. The summed E-state index contributed by atoms with van der Waals surface area (Å²) in [6, 6.07) is 9.38. The zero-order valence-electron chi connectivity index (χ0n) is 20.5. The molecule has 2 fully saturated rings. The first-order chi connectivity index (χ1) is 16.0. The number of rotatable bonds is 3. The van der Waals surface area contributed by atoms with E-state index in [-0.39, 0.29) is 29.0 Å². The molecule has 1 aromatic carbocycles. The van der Waals surface area contributed by atoms with E-state index in [1.54, 1.807) is 26.0 Å². The van der Waals surface area contributed by atoms with Gasteiger partial charge in [-0.15, -0.1) is 0 Å². The van der Waals surface area contributed by atoms with E-state index >= 15 is 0 Å². The molecule has 0 aromatic heterocycles.